The van der Waals surface area contributed by atoms with Gasteiger partial charge >= 0.3 is 5.69 Å². The Morgan fingerprint density at radius 2 is 1.85 bits per heavy atom. The Bertz CT molecular complexity index is 1150. The van der Waals surface area contributed by atoms with Gasteiger partial charge in [0.05, 0.1) is 7.11 Å². The van der Waals surface area contributed by atoms with Crippen molar-refractivity contribution in [2.45, 2.75) is 26.9 Å². The second-order valence-corrected chi connectivity index (χ2v) is 6.01. The number of aromatic nitrogens is 4. The number of ether oxygens (including phenoxy) is 1. The maximum absolute atomic E-state index is 12.7. The molecule has 1 N–H and O–H groups in total. The standard InChI is InChI=1S/C19H22N4O4/c1-5-22-17-15(18(25)23(6-2)19(22)26)21(3)14(20-17)11-10-12-8-7-9-13(27-4)16(12)24/h7-11,24H,5-6H2,1-4H3/b11-10+. The van der Waals surface area contributed by atoms with E-state index in [-0.39, 0.29) is 17.0 Å². The van der Waals surface area contributed by atoms with Gasteiger partial charge in [-0.2, -0.15) is 0 Å². The lowest BCUT2D eigenvalue weighted by Crippen LogP contribution is -2.39. The molecule has 0 aliphatic carbocycles. The van der Waals surface area contributed by atoms with Crippen LogP contribution in [0.1, 0.15) is 25.2 Å². The molecule has 2 heterocycles. The van der Waals surface area contributed by atoms with Crippen LogP contribution in [-0.4, -0.2) is 30.9 Å². The molecule has 0 unspecified atom stereocenters. The number of rotatable bonds is 5. The molecule has 0 saturated carbocycles. The molecule has 2 aromatic heterocycles. The first-order chi connectivity index (χ1) is 12.9. The Morgan fingerprint density at radius 3 is 2.48 bits per heavy atom. The van der Waals surface area contributed by atoms with Crippen molar-refractivity contribution in [3.05, 3.63) is 50.4 Å². The van der Waals surface area contributed by atoms with Crippen molar-refractivity contribution in [1.29, 1.82) is 0 Å². The van der Waals surface area contributed by atoms with Gasteiger partial charge in [0.1, 0.15) is 5.82 Å². The molecule has 1 aromatic carbocycles. The summed E-state index contributed by atoms with van der Waals surface area (Å²) in [5.41, 5.74) is 0.555. The van der Waals surface area contributed by atoms with Crippen molar-refractivity contribution < 1.29 is 9.84 Å². The largest absolute Gasteiger partial charge is 0.504 e. The third-order valence-corrected chi connectivity index (χ3v) is 4.57. The van der Waals surface area contributed by atoms with Crippen molar-refractivity contribution in [3.8, 4) is 11.5 Å². The maximum atomic E-state index is 12.7. The van der Waals surface area contributed by atoms with Gasteiger partial charge in [-0.3, -0.25) is 13.9 Å². The van der Waals surface area contributed by atoms with E-state index in [9.17, 15) is 14.7 Å². The van der Waals surface area contributed by atoms with Gasteiger partial charge in [0.25, 0.3) is 5.56 Å². The van der Waals surface area contributed by atoms with Crippen molar-refractivity contribution in [3.63, 3.8) is 0 Å². The van der Waals surface area contributed by atoms with Crippen LogP contribution in [-0.2, 0) is 20.1 Å². The maximum Gasteiger partial charge on any atom is 0.332 e. The summed E-state index contributed by atoms with van der Waals surface area (Å²) in [6.07, 6.45) is 3.38. The first-order valence-corrected chi connectivity index (χ1v) is 8.68. The van der Waals surface area contributed by atoms with Gasteiger partial charge in [0.2, 0.25) is 0 Å². The van der Waals surface area contributed by atoms with E-state index in [1.165, 1.54) is 16.2 Å². The highest BCUT2D eigenvalue weighted by Gasteiger charge is 2.17. The van der Waals surface area contributed by atoms with Crippen LogP contribution >= 0.6 is 0 Å². The minimum Gasteiger partial charge on any atom is -0.504 e. The Hall–Kier alpha value is -3.29. The van der Waals surface area contributed by atoms with E-state index >= 15 is 0 Å². The van der Waals surface area contributed by atoms with Crippen molar-refractivity contribution in [1.82, 2.24) is 18.7 Å². The lowest BCUT2D eigenvalue weighted by Gasteiger charge is -2.08. The molecule has 0 fully saturated rings. The van der Waals surface area contributed by atoms with E-state index in [0.717, 1.165) is 0 Å². The van der Waals surface area contributed by atoms with Crippen LogP contribution in [0.5, 0.6) is 11.5 Å². The molecular formula is C19H22N4O4. The van der Waals surface area contributed by atoms with Gasteiger partial charge in [-0.05, 0) is 32.1 Å². The van der Waals surface area contributed by atoms with Gasteiger partial charge in [0, 0.05) is 25.7 Å². The number of fused-ring (bicyclic) bond motifs is 1. The minimum absolute atomic E-state index is 0.0221. The van der Waals surface area contributed by atoms with E-state index in [1.807, 2.05) is 6.92 Å². The highest BCUT2D eigenvalue weighted by Crippen LogP contribution is 2.30. The van der Waals surface area contributed by atoms with E-state index in [0.29, 0.717) is 41.4 Å². The Balaban J connectivity index is 2.20. The fourth-order valence-electron chi connectivity index (χ4n) is 3.10. The predicted octanol–water partition coefficient (Wildman–Crippen LogP) is 1.82. The zero-order valence-electron chi connectivity index (χ0n) is 15.8. The highest BCUT2D eigenvalue weighted by molar-refractivity contribution is 5.78. The van der Waals surface area contributed by atoms with E-state index in [2.05, 4.69) is 4.98 Å². The summed E-state index contributed by atoms with van der Waals surface area (Å²) in [6, 6.07) is 5.17. The number of aromatic hydroxyl groups is 1. The number of imidazole rings is 1. The molecule has 0 radical (unpaired) electrons. The van der Waals surface area contributed by atoms with Crippen LogP contribution in [0.2, 0.25) is 0 Å². The van der Waals surface area contributed by atoms with Crippen LogP contribution in [0.4, 0.5) is 0 Å². The van der Waals surface area contributed by atoms with E-state index in [1.54, 1.807) is 48.9 Å². The summed E-state index contributed by atoms with van der Waals surface area (Å²) in [5.74, 6) is 0.890. The summed E-state index contributed by atoms with van der Waals surface area (Å²) < 4.78 is 9.45. The molecule has 142 valence electrons. The second-order valence-electron chi connectivity index (χ2n) is 6.01. The average molecular weight is 370 g/mol. The molecule has 0 atom stereocenters. The van der Waals surface area contributed by atoms with Gasteiger partial charge in [0.15, 0.2) is 22.7 Å². The molecule has 0 spiro atoms. The van der Waals surface area contributed by atoms with Gasteiger partial charge in [-0.1, -0.05) is 12.1 Å². The molecule has 0 amide bonds. The molecule has 0 aliphatic heterocycles. The molecular weight excluding hydrogens is 348 g/mol. The third kappa shape index (κ3) is 2.92. The lowest BCUT2D eigenvalue weighted by atomic mass is 10.1. The second kappa shape index (κ2) is 7.14. The number of phenols is 1. The molecule has 0 saturated heterocycles. The topological polar surface area (TPSA) is 91.3 Å². The molecule has 8 nitrogen and oxygen atoms in total. The number of methoxy groups -OCH3 is 1. The number of benzene rings is 1. The summed E-state index contributed by atoms with van der Waals surface area (Å²) >= 11 is 0. The predicted molar refractivity (Wildman–Crippen MR) is 104 cm³/mol. The van der Waals surface area contributed by atoms with Crippen molar-refractivity contribution in [2.75, 3.05) is 7.11 Å². The smallest absolute Gasteiger partial charge is 0.332 e. The van der Waals surface area contributed by atoms with Gasteiger partial charge in [-0.15, -0.1) is 0 Å². The number of para-hydroxylation sites is 1. The number of hydrogen-bond acceptors (Lipinski definition) is 5. The first-order valence-electron chi connectivity index (χ1n) is 8.68. The molecule has 0 aliphatic rings. The van der Waals surface area contributed by atoms with Crippen molar-refractivity contribution >= 4 is 23.3 Å². The zero-order valence-corrected chi connectivity index (χ0v) is 15.8. The average Bonchev–Trinajstić information content (AvgIpc) is 2.98. The van der Waals surface area contributed by atoms with Crippen LogP contribution in [0.3, 0.4) is 0 Å². The summed E-state index contributed by atoms with van der Waals surface area (Å²) in [4.78, 5) is 29.7. The first kappa shape index (κ1) is 18.5. The SMILES string of the molecule is CCn1c(=O)c2c(nc(/C=C/c3cccc(OC)c3O)n2C)n(CC)c1=O. The number of hydrogen-bond donors (Lipinski definition) is 1. The Kier molecular flexibility index (Phi) is 4.89. The van der Waals surface area contributed by atoms with Gasteiger partial charge < -0.3 is 14.4 Å². The fraction of sp³-hybridized carbons (Fsp3) is 0.316. The molecule has 8 heteroatoms. The van der Waals surface area contributed by atoms with Gasteiger partial charge in [-0.25, -0.2) is 9.78 Å². The van der Waals surface area contributed by atoms with Crippen LogP contribution in [0.15, 0.2) is 27.8 Å². The summed E-state index contributed by atoms with van der Waals surface area (Å²) in [6.45, 7) is 4.30. The van der Waals surface area contributed by atoms with Crippen LogP contribution in [0.25, 0.3) is 23.3 Å². The summed E-state index contributed by atoms with van der Waals surface area (Å²) in [5, 5.41) is 10.2. The Labute approximate surface area is 155 Å². The Morgan fingerprint density at radius 1 is 1.15 bits per heavy atom. The fourth-order valence-corrected chi connectivity index (χ4v) is 3.10. The number of phenolic OH excluding ortho intramolecular Hbond substituents is 1. The highest BCUT2D eigenvalue weighted by atomic mass is 16.5. The number of nitrogens with zero attached hydrogens (tertiary/aromatic N) is 4. The number of aryl methyl sites for hydroxylation is 2. The van der Waals surface area contributed by atoms with Crippen molar-refractivity contribution in [2.24, 2.45) is 7.05 Å². The van der Waals surface area contributed by atoms with Crippen LogP contribution < -0.4 is 16.0 Å². The minimum atomic E-state index is -0.364. The molecule has 27 heavy (non-hydrogen) atoms. The third-order valence-electron chi connectivity index (χ3n) is 4.57. The normalized spacial score (nSPS) is 11.6. The zero-order chi connectivity index (χ0) is 19.7. The molecule has 3 rings (SSSR count). The monoisotopic (exact) mass is 370 g/mol. The lowest BCUT2D eigenvalue weighted by molar-refractivity contribution is 0.373. The van der Waals surface area contributed by atoms with E-state index in [4.69, 9.17) is 4.74 Å². The van der Waals surface area contributed by atoms with Crippen LogP contribution in [0, 0.1) is 0 Å². The summed E-state index contributed by atoms with van der Waals surface area (Å²) in [7, 11) is 3.21. The quantitative estimate of drug-likeness (QED) is 0.740. The molecule has 0 bridgehead atoms. The van der Waals surface area contributed by atoms with E-state index < -0.39 is 0 Å². The molecule has 3 aromatic rings.